The minimum absolute atomic E-state index is 0.00666. The molecule has 0 aliphatic carbocycles. The smallest absolute Gasteiger partial charge is 0.253 e. The maximum Gasteiger partial charge on any atom is 0.253 e. The van der Waals surface area contributed by atoms with Gasteiger partial charge in [-0.3, -0.25) is 9.36 Å². The number of nitrogens with zero attached hydrogens (tertiary/aromatic N) is 3. The van der Waals surface area contributed by atoms with E-state index >= 15 is 0 Å². The fraction of sp³-hybridized carbons (Fsp3) is 0.176. The van der Waals surface area contributed by atoms with Crippen molar-refractivity contribution >= 4 is 44.9 Å². The average Bonchev–Trinajstić information content (AvgIpc) is 3.22. The maximum absolute atomic E-state index is 12.7. The number of thioether (sulfide) groups is 1. The second-order valence-electron chi connectivity index (χ2n) is 5.23. The second-order valence-corrected chi connectivity index (χ2v) is 7.91. The Kier molecular flexibility index (Phi) is 5.43. The molecule has 0 saturated carbocycles. The van der Waals surface area contributed by atoms with Gasteiger partial charge in [0.15, 0.2) is 5.16 Å². The van der Waals surface area contributed by atoms with Gasteiger partial charge < -0.3 is 4.90 Å². The van der Waals surface area contributed by atoms with Crippen molar-refractivity contribution in [1.82, 2.24) is 14.5 Å². The van der Waals surface area contributed by atoms with Gasteiger partial charge in [0.2, 0.25) is 0 Å². The van der Waals surface area contributed by atoms with E-state index in [4.69, 9.17) is 0 Å². The summed E-state index contributed by atoms with van der Waals surface area (Å²) in [5.74, 6) is 0.00666. The third-order valence-corrected chi connectivity index (χ3v) is 5.87. The Labute approximate surface area is 157 Å². The summed E-state index contributed by atoms with van der Waals surface area (Å²) in [6.45, 7) is 0.598. The first-order valence-electron chi connectivity index (χ1n) is 7.24. The quantitative estimate of drug-likeness (QED) is 0.560. The number of thiophene rings is 1. The Morgan fingerprint density at radius 2 is 2.25 bits per heavy atom. The van der Waals surface area contributed by atoms with Crippen LogP contribution in [0.2, 0.25) is 0 Å². The highest BCUT2D eigenvalue weighted by Crippen LogP contribution is 2.22. The average molecular weight is 422 g/mol. The Morgan fingerprint density at radius 1 is 1.42 bits per heavy atom. The molecule has 0 fully saturated rings. The predicted octanol–water partition coefficient (Wildman–Crippen LogP) is 4.69. The highest BCUT2D eigenvalue weighted by atomic mass is 79.9. The molecule has 124 valence electrons. The molecule has 2 heterocycles. The van der Waals surface area contributed by atoms with Gasteiger partial charge in [0.25, 0.3) is 5.91 Å². The molecule has 0 N–H and O–H groups in total. The van der Waals surface area contributed by atoms with E-state index in [1.165, 1.54) is 0 Å². The minimum Gasteiger partial charge on any atom is -0.337 e. The summed E-state index contributed by atoms with van der Waals surface area (Å²) < 4.78 is 3.03. The molecular formula is C17H16BrN3OS2. The van der Waals surface area contributed by atoms with Crippen molar-refractivity contribution in [3.63, 3.8) is 0 Å². The summed E-state index contributed by atoms with van der Waals surface area (Å²) in [4.78, 5) is 19.9. The number of benzene rings is 1. The molecule has 0 aliphatic heterocycles. The Bertz CT molecular complexity index is 859. The van der Waals surface area contributed by atoms with E-state index in [0.717, 1.165) is 20.2 Å². The Hall–Kier alpha value is -1.57. The Balaban J connectivity index is 1.81. The molecule has 2 aromatic heterocycles. The Morgan fingerprint density at radius 3 is 2.96 bits per heavy atom. The van der Waals surface area contributed by atoms with Gasteiger partial charge in [0, 0.05) is 45.4 Å². The molecule has 0 aliphatic rings. The van der Waals surface area contributed by atoms with Crippen LogP contribution in [0.4, 0.5) is 0 Å². The maximum atomic E-state index is 12.7. The number of aromatic nitrogens is 2. The molecular weight excluding hydrogens is 406 g/mol. The first-order chi connectivity index (χ1) is 11.6. The van der Waals surface area contributed by atoms with Gasteiger partial charge in [0.1, 0.15) is 0 Å². The number of rotatable bonds is 5. The molecule has 1 amide bonds. The number of carbonyl (C=O) groups is 1. The van der Waals surface area contributed by atoms with Gasteiger partial charge >= 0.3 is 0 Å². The summed E-state index contributed by atoms with van der Waals surface area (Å²) in [6.07, 6.45) is 5.66. The van der Waals surface area contributed by atoms with Gasteiger partial charge in [-0.05, 0) is 46.5 Å². The van der Waals surface area contributed by atoms with Crippen molar-refractivity contribution < 1.29 is 4.79 Å². The SMILES string of the molecule is CSc1nccn1-c1cccc(C(=O)N(C)Cc2cc(Br)cs2)c1. The normalized spacial score (nSPS) is 10.8. The van der Waals surface area contributed by atoms with Crippen LogP contribution in [0.5, 0.6) is 0 Å². The van der Waals surface area contributed by atoms with Crippen LogP contribution in [0.15, 0.2) is 57.7 Å². The van der Waals surface area contributed by atoms with E-state index < -0.39 is 0 Å². The minimum atomic E-state index is 0.00666. The molecule has 24 heavy (non-hydrogen) atoms. The van der Waals surface area contributed by atoms with E-state index in [-0.39, 0.29) is 5.91 Å². The first-order valence-corrected chi connectivity index (χ1v) is 10.1. The topological polar surface area (TPSA) is 38.1 Å². The van der Waals surface area contributed by atoms with Crippen LogP contribution in [0, 0.1) is 0 Å². The summed E-state index contributed by atoms with van der Waals surface area (Å²) in [7, 11) is 1.83. The third kappa shape index (κ3) is 3.74. The van der Waals surface area contributed by atoms with Crippen LogP contribution < -0.4 is 0 Å². The van der Waals surface area contributed by atoms with Crippen LogP contribution in [0.3, 0.4) is 0 Å². The highest BCUT2D eigenvalue weighted by molar-refractivity contribution is 9.10. The van der Waals surface area contributed by atoms with E-state index in [2.05, 4.69) is 20.9 Å². The molecule has 0 spiro atoms. The van der Waals surface area contributed by atoms with Crippen LogP contribution >= 0.6 is 39.0 Å². The number of amides is 1. The molecule has 0 atom stereocenters. The molecule has 0 radical (unpaired) electrons. The second kappa shape index (κ2) is 7.55. The zero-order valence-electron chi connectivity index (χ0n) is 13.3. The van der Waals surface area contributed by atoms with Gasteiger partial charge in [-0.15, -0.1) is 11.3 Å². The van der Waals surface area contributed by atoms with Crippen molar-refractivity contribution in [3.05, 3.63) is 63.0 Å². The molecule has 0 unspecified atom stereocenters. The third-order valence-electron chi connectivity index (χ3n) is 3.52. The summed E-state index contributed by atoms with van der Waals surface area (Å²) in [6, 6.07) is 9.69. The standard InChI is InChI=1S/C17H16BrN3OS2/c1-20(10-15-9-13(18)11-24-15)16(22)12-4-3-5-14(8-12)21-7-6-19-17(21)23-2/h3-9,11H,10H2,1-2H3. The van der Waals surface area contributed by atoms with Gasteiger partial charge in [-0.1, -0.05) is 17.8 Å². The fourth-order valence-electron chi connectivity index (χ4n) is 2.39. The van der Waals surface area contributed by atoms with E-state index in [1.54, 1.807) is 34.2 Å². The van der Waals surface area contributed by atoms with E-state index in [9.17, 15) is 4.79 Å². The lowest BCUT2D eigenvalue weighted by Crippen LogP contribution is -2.25. The number of halogens is 1. The van der Waals surface area contributed by atoms with Crippen molar-refractivity contribution in [2.24, 2.45) is 0 Å². The van der Waals surface area contributed by atoms with Crippen LogP contribution in [-0.2, 0) is 6.54 Å². The summed E-state index contributed by atoms with van der Waals surface area (Å²) in [5.41, 5.74) is 1.61. The number of hydrogen-bond donors (Lipinski definition) is 0. The summed E-state index contributed by atoms with van der Waals surface area (Å²) >= 11 is 6.66. The van der Waals surface area contributed by atoms with Crippen molar-refractivity contribution in [3.8, 4) is 5.69 Å². The number of carbonyl (C=O) groups excluding carboxylic acids is 1. The van der Waals surface area contributed by atoms with Crippen molar-refractivity contribution in [2.75, 3.05) is 13.3 Å². The molecule has 4 nitrogen and oxygen atoms in total. The number of hydrogen-bond acceptors (Lipinski definition) is 4. The van der Waals surface area contributed by atoms with Crippen LogP contribution in [-0.4, -0.2) is 33.7 Å². The zero-order valence-corrected chi connectivity index (χ0v) is 16.5. The predicted molar refractivity (Wildman–Crippen MR) is 103 cm³/mol. The lowest BCUT2D eigenvalue weighted by atomic mass is 10.1. The molecule has 7 heteroatoms. The lowest BCUT2D eigenvalue weighted by molar-refractivity contribution is 0.0786. The largest absolute Gasteiger partial charge is 0.337 e. The van der Waals surface area contributed by atoms with E-state index in [0.29, 0.717) is 12.1 Å². The van der Waals surface area contributed by atoms with Gasteiger partial charge in [-0.2, -0.15) is 0 Å². The molecule has 3 aromatic rings. The molecule has 3 rings (SSSR count). The van der Waals surface area contributed by atoms with Gasteiger partial charge in [-0.25, -0.2) is 4.98 Å². The highest BCUT2D eigenvalue weighted by Gasteiger charge is 2.14. The van der Waals surface area contributed by atoms with E-state index in [1.807, 2.05) is 59.8 Å². The monoisotopic (exact) mass is 421 g/mol. The summed E-state index contributed by atoms with van der Waals surface area (Å²) in [5, 5.41) is 2.92. The zero-order chi connectivity index (χ0) is 17.1. The van der Waals surface area contributed by atoms with Crippen molar-refractivity contribution in [2.45, 2.75) is 11.7 Å². The van der Waals surface area contributed by atoms with Gasteiger partial charge in [0.05, 0.1) is 6.54 Å². The van der Waals surface area contributed by atoms with Crippen LogP contribution in [0.25, 0.3) is 5.69 Å². The molecule has 0 saturated heterocycles. The molecule has 0 bridgehead atoms. The molecule has 1 aromatic carbocycles. The lowest BCUT2D eigenvalue weighted by Gasteiger charge is -2.17. The van der Waals surface area contributed by atoms with Crippen molar-refractivity contribution in [1.29, 1.82) is 0 Å². The van der Waals surface area contributed by atoms with Crippen LogP contribution in [0.1, 0.15) is 15.2 Å². The number of imidazole rings is 1. The first kappa shape index (κ1) is 17.3. The fourth-order valence-corrected chi connectivity index (χ4v) is 4.42.